The van der Waals surface area contributed by atoms with Crippen LogP contribution < -0.4 is 0 Å². The Bertz CT molecular complexity index is 553. The van der Waals surface area contributed by atoms with Crippen molar-refractivity contribution >= 4 is 23.4 Å². The molecule has 0 saturated carbocycles. The molecule has 0 unspecified atom stereocenters. The van der Waals surface area contributed by atoms with Crippen molar-refractivity contribution in [1.29, 1.82) is 0 Å². The van der Waals surface area contributed by atoms with Gasteiger partial charge in [0.05, 0.1) is 6.61 Å². The second-order valence-electron chi connectivity index (χ2n) is 5.67. The first-order valence-electron chi connectivity index (χ1n) is 7.57. The first-order chi connectivity index (χ1) is 10.6. The molecule has 1 aromatic carbocycles. The summed E-state index contributed by atoms with van der Waals surface area (Å²) in [5.74, 6) is 0.0946. The summed E-state index contributed by atoms with van der Waals surface area (Å²) in [6.45, 7) is 2.81. The molecule has 0 N–H and O–H groups in total. The predicted molar refractivity (Wildman–Crippen MR) is 82.9 cm³/mol. The van der Waals surface area contributed by atoms with E-state index in [-0.39, 0.29) is 24.5 Å². The number of hydrogen-bond acceptors (Lipinski definition) is 3. The van der Waals surface area contributed by atoms with E-state index in [1.807, 2.05) is 9.80 Å². The van der Waals surface area contributed by atoms with Gasteiger partial charge in [0.2, 0.25) is 5.91 Å². The van der Waals surface area contributed by atoms with Crippen molar-refractivity contribution in [3.05, 3.63) is 34.9 Å². The van der Waals surface area contributed by atoms with Crippen LogP contribution in [0, 0.1) is 0 Å². The third-order valence-electron chi connectivity index (χ3n) is 4.31. The lowest BCUT2D eigenvalue weighted by atomic mass is 10.0. The average molecular weight is 323 g/mol. The van der Waals surface area contributed by atoms with Gasteiger partial charge >= 0.3 is 0 Å². The van der Waals surface area contributed by atoms with Crippen LogP contribution >= 0.6 is 11.6 Å². The second-order valence-corrected chi connectivity index (χ2v) is 6.11. The molecule has 0 bridgehead atoms. The number of piperidine rings is 1. The molecular weight excluding hydrogens is 304 g/mol. The molecule has 3 rings (SSSR count). The van der Waals surface area contributed by atoms with Crippen LogP contribution in [0.4, 0.5) is 0 Å². The maximum absolute atomic E-state index is 12.4. The Morgan fingerprint density at radius 1 is 1.14 bits per heavy atom. The van der Waals surface area contributed by atoms with Crippen LogP contribution in [-0.2, 0) is 9.53 Å². The van der Waals surface area contributed by atoms with E-state index < -0.39 is 0 Å². The van der Waals surface area contributed by atoms with Crippen LogP contribution in [0.15, 0.2) is 24.3 Å². The number of carbonyl (C=O) groups excluding carboxylic acids is 2. The number of halogens is 1. The van der Waals surface area contributed by atoms with Crippen molar-refractivity contribution in [3.63, 3.8) is 0 Å². The average Bonchev–Trinajstić information content (AvgIpc) is 2.56. The lowest BCUT2D eigenvalue weighted by Gasteiger charge is -2.40. The molecule has 2 heterocycles. The minimum atomic E-state index is 0.0309. The van der Waals surface area contributed by atoms with Crippen LogP contribution in [0.25, 0.3) is 0 Å². The summed E-state index contributed by atoms with van der Waals surface area (Å²) >= 11 is 5.85. The molecular formula is C16H19ClN2O3. The maximum Gasteiger partial charge on any atom is 0.253 e. The molecule has 2 aliphatic rings. The zero-order valence-electron chi connectivity index (χ0n) is 12.3. The summed E-state index contributed by atoms with van der Waals surface area (Å²) in [4.78, 5) is 28.1. The van der Waals surface area contributed by atoms with E-state index >= 15 is 0 Å². The van der Waals surface area contributed by atoms with Gasteiger partial charge in [0, 0.05) is 36.3 Å². The summed E-state index contributed by atoms with van der Waals surface area (Å²) < 4.78 is 5.16. The van der Waals surface area contributed by atoms with Crippen molar-refractivity contribution in [1.82, 2.24) is 9.80 Å². The summed E-state index contributed by atoms with van der Waals surface area (Å²) in [6.07, 6.45) is 1.65. The van der Waals surface area contributed by atoms with Crippen LogP contribution in [0.5, 0.6) is 0 Å². The minimum absolute atomic E-state index is 0.0309. The maximum atomic E-state index is 12.4. The molecule has 0 atom stereocenters. The first-order valence-corrected chi connectivity index (χ1v) is 7.95. The largest absolute Gasteiger partial charge is 0.370 e. The van der Waals surface area contributed by atoms with Crippen LogP contribution in [0.1, 0.15) is 23.2 Å². The Hall–Kier alpha value is -1.59. The number of ether oxygens (including phenoxy) is 1. The molecule has 2 amide bonds. The molecule has 2 saturated heterocycles. The molecule has 6 heteroatoms. The van der Waals surface area contributed by atoms with E-state index in [2.05, 4.69) is 0 Å². The van der Waals surface area contributed by atoms with Gasteiger partial charge in [0.25, 0.3) is 5.91 Å². The van der Waals surface area contributed by atoms with Gasteiger partial charge in [0.15, 0.2) is 0 Å². The minimum Gasteiger partial charge on any atom is -0.370 e. The molecule has 118 valence electrons. The standard InChI is InChI=1S/C16H19ClN2O3/c17-13-3-1-12(2-4-13)16(21)18-7-5-14(6-8-18)19-9-10-22-11-15(19)20/h1-4,14H,5-11H2. The fourth-order valence-corrected chi connectivity index (χ4v) is 3.20. The fourth-order valence-electron chi connectivity index (χ4n) is 3.07. The highest BCUT2D eigenvalue weighted by Crippen LogP contribution is 2.20. The van der Waals surface area contributed by atoms with Gasteiger partial charge in [-0.3, -0.25) is 9.59 Å². The van der Waals surface area contributed by atoms with Gasteiger partial charge in [-0.15, -0.1) is 0 Å². The number of benzene rings is 1. The quantitative estimate of drug-likeness (QED) is 0.834. The highest BCUT2D eigenvalue weighted by atomic mass is 35.5. The smallest absolute Gasteiger partial charge is 0.253 e. The lowest BCUT2D eigenvalue weighted by molar-refractivity contribution is -0.146. The van der Waals surface area contributed by atoms with Crippen LogP contribution in [-0.4, -0.2) is 60.5 Å². The Kier molecular flexibility index (Phi) is 4.64. The third-order valence-corrected chi connectivity index (χ3v) is 4.56. The molecule has 0 aromatic heterocycles. The Labute approximate surface area is 134 Å². The summed E-state index contributed by atoms with van der Waals surface area (Å²) in [5.41, 5.74) is 0.658. The van der Waals surface area contributed by atoms with Crippen molar-refractivity contribution in [3.8, 4) is 0 Å². The number of rotatable bonds is 2. The van der Waals surface area contributed by atoms with Crippen molar-refractivity contribution in [2.75, 3.05) is 32.8 Å². The highest BCUT2D eigenvalue weighted by molar-refractivity contribution is 6.30. The Morgan fingerprint density at radius 3 is 2.45 bits per heavy atom. The van der Waals surface area contributed by atoms with E-state index in [0.717, 1.165) is 12.8 Å². The monoisotopic (exact) mass is 322 g/mol. The van der Waals surface area contributed by atoms with Crippen molar-refractivity contribution in [2.45, 2.75) is 18.9 Å². The van der Waals surface area contributed by atoms with Crippen LogP contribution in [0.3, 0.4) is 0 Å². The number of likely N-dealkylation sites (tertiary alicyclic amines) is 1. The normalized spacial score (nSPS) is 20.3. The van der Waals surface area contributed by atoms with Crippen LogP contribution in [0.2, 0.25) is 5.02 Å². The molecule has 2 fully saturated rings. The van der Waals surface area contributed by atoms with Gasteiger partial charge < -0.3 is 14.5 Å². The summed E-state index contributed by atoms with van der Waals surface area (Å²) in [6, 6.07) is 7.19. The zero-order valence-corrected chi connectivity index (χ0v) is 13.1. The number of carbonyl (C=O) groups is 2. The van der Waals surface area contributed by atoms with Gasteiger partial charge in [-0.1, -0.05) is 11.6 Å². The van der Waals surface area contributed by atoms with Gasteiger partial charge in [-0.05, 0) is 37.1 Å². The molecule has 22 heavy (non-hydrogen) atoms. The molecule has 5 nitrogen and oxygen atoms in total. The van der Waals surface area contributed by atoms with Gasteiger partial charge in [-0.25, -0.2) is 0 Å². The van der Waals surface area contributed by atoms with E-state index in [0.29, 0.717) is 36.8 Å². The van der Waals surface area contributed by atoms with E-state index in [4.69, 9.17) is 16.3 Å². The van der Waals surface area contributed by atoms with E-state index in [9.17, 15) is 9.59 Å². The van der Waals surface area contributed by atoms with Crippen molar-refractivity contribution in [2.24, 2.45) is 0 Å². The molecule has 2 aliphatic heterocycles. The summed E-state index contributed by atoms with van der Waals surface area (Å²) in [7, 11) is 0. The Balaban J connectivity index is 1.58. The number of morpholine rings is 1. The molecule has 1 aromatic rings. The van der Waals surface area contributed by atoms with E-state index in [1.54, 1.807) is 24.3 Å². The molecule has 0 spiro atoms. The molecule has 0 aliphatic carbocycles. The highest BCUT2D eigenvalue weighted by Gasteiger charge is 2.31. The zero-order chi connectivity index (χ0) is 15.5. The summed E-state index contributed by atoms with van der Waals surface area (Å²) in [5, 5.41) is 0.626. The van der Waals surface area contributed by atoms with Gasteiger partial charge in [-0.2, -0.15) is 0 Å². The first kappa shape index (κ1) is 15.3. The number of hydrogen-bond donors (Lipinski definition) is 0. The number of nitrogens with zero attached hydrogens (tertiary/aromatic N) is 2. The molecule has 0 radical (unpaired) electrons. The predicted octanol–water partition coefficient (Wildman–Crippen LogP) is 1.80. The SMILES string of the molecule is O=C(c1ccc(Cl)cc1)N1CCC(N2CCOCC2=O)CC1. The third kappa shape index (κ3) is 3.25. The second kappa shape index (κ2) is 6.67. The van der Waals surface area contributed by atoms with Gasteiger partial charge in [0.1, 0.15) is 6.61 Å². The topological polar surface area (TPSA) is 49.9 Å². The number of amides is 2. The fraction of sp³-hybridized carbons (Fsp3) is 0.500. The van der Waals surface area contributed by atoms with Crippen molar-refractivity contribution < 1.29 is 14.3 Å². The lowest BCUT2D eigenvalue weighted by Crippen LogP contribution is -2.52. The van der Waals surface area contributed by atoms with E-state index in [1.165, 1.54) is 0 Å². The Morgan fingerprint density at radius 2 is 1.82 bits per heavy atom.